The van der Waals surface area contributed by atoms with Gasteiger partial charge < -0.3 is 5.11 Å². The molecule has 0 amide bonds. The molecular weight excluding hydrogens is 184 g/mol. The Morgan fingerprint density at radius 1 is 1.13 bits per heavy atom. The maximum Gasteiger partial charge on any atom is 0.0648 e. The first-order valence-corrected chi connectivity index (χ1v) is 6.81. The van der Waals surface area contributed by atoms with Gasteiger partial charge in [-0.25, -0.2) is 0 Å². The Balaban J connectivity index is 1.74. The van der Waals surface area contributed by atoms with Crippen LogP contribution in [0.2, 0.25) is 0 Å². The van der Waals surface area contributed by atoms with E-state index in [1.54, 1.807) is 0 Å². The van der Waals surface area contributed by atoms with Crippen molar-refractivity contribution in [2.75, 3.05) is 0 Å². The molecule has 0 saturated heterocycles. The van der Waals surface area contributed by atoms with E-state index in [9.17, 15) is 5.11 Å². The van der Waals surface area contributed by atoms with Gasteiger partial charge in [-0.1, -0.05) is 26.7 Å². The molecule has 0 bridgehead atoms. The predicted octanol–water partition coefficient (Wildman–Crippen LogP) is 3.75. The molecule has 15 heavy (non-hydrogen) atoms. The molecule has 0 radical (unpaired) electrons. The molecule has 0 aromatic heterocycles. The van der Waals surface area contributed by atoms with E-state index in [0.29, 0.717) is 0 Å². The van der Waals surface area contributed by atoms with E-state index in [1.165, 1.54) is 32.1 Å². The Morgan fingerprint density at radius 2 is 1.73 bits per heavy atom. The Bertz CT molecular complexity index is 197. The summed E-state index contributed by atoms with van der Waals surface area (Å²) in [7, 11) is 0. The fourth-order valence-electron chi connectivity index (χ4n) is 2.97. The van der Waals surface area contributed by atoms with Crippen LogP contribution in [0.25, 0.3) is 0 Å². The van der Waals surface area contributed by atoms with Gasteiger partial charge in [0.1, 0.15) is 0 Å². The molecule has 88 valence electrons. The van der Waals surface area contributed by atoms with E-state index in [0.717, 1.165) is 37.0 Å². The van der Waals surface area contributed by atoms with Crippen LogP contribution in [0.1, 0.15) is 65.2 Å². The second kappa shape index (κ2) is 4.45. The quantitative estimate of drug-likeness (QED) is 0.749. The van der Waals surface area contributed by atoms with E-state index < -0.39 is 0 Å². The summed E-state index contributed by atoms with van der Waals surface area (Å²) in [5.74, 6) is 2.64. The van der Waals surface area contributed by atoms with Crippen molar-refractivity contribution in [3.63, 3.8) is 0 Å². The largest absolute Gasteiger partial charge is 0.390 e. The average molecular weight is 210 g/mol. The van der Waals surface area contributed by atoms with E-state index >= 15 is 0 Å². The molecule has 1 N–H and O–H groups in total. The second-order valence-corrected chi connectivity index (χ2v) is 6.29. The van der Waals surface area contributed by atoms with Crippen molar-refractivity contribution in [1.82, 2.24) is 0 Å². The van der Waals surface area contributed by atoms with E-state index in [-0.39, 0.29) is 5.60 Å². The molecule has 0 aromatic rings. The fraction of sp³-hybridized carbons (Fsp3) is 1.00. The van der Waals surface area contributed by atoms with Crippen LogP contribution in [0.3, 0.4) is 0 Å². The molecular formula is C14H26O. The summed E-state index contributed by atoms with van der Waals surface area (Å²) in [4.78, 5) is 0. The molecule has 2 aliphatic rings. The first kappa shape index (κ1) is 11.4. The van der Waals surface area contributed by atoms with Gasteiger partial charge in [0.2, 0.25) is 0 Å². The van der Waals surface area contributed by atoms with Gasteiger partial charge >= 0.3 is 0 Å². The number of hydrogen-bond donors (Lipinski definition) is 1. The maximum absolute atomic E-state index is 10.4. The van der Waals surface area contributed by atoms with Crippen molar-refractivity contribution in [2.24, 2.45) is 17.8 Å². The molecule has 0 unspecified atom stereocenters. The molecule has 0 spiro atoms. The zero-order chi connectivity index (χ0) is 10.9. The highest BCUT2D eigenvalue weighted by Gasteiger charge is 2.35. The van der Waals surface area contributed by atoms with Crippen LogP contribution in [-0.4, -0.2) is 10.7 Å². The van der Waals surface area contributed by atoms with Crippen molar-refractivity contribution in [2.45, 2.75) is 70.8 Å². The van der Waals surface area contributed by atoms with Crippen LogP contribution in [-0.2, 0) is 0 Å². The monoisotopic (exact) mass is 210 g/mol. The molecule has 2 rings (SSSR count). The zero-order valence-corrected chi connectivity index (χ0v) is 10.3. The van der Waals surface area contributed by atoms with Crippen molar-refractivity contribution < 1.29 is 5.11 Å². The summed E-state index contributed by atoms with van der Waals surface area (Å²) in [6.45, 7) is 4.64. The first-order chi connectivity index (χ1) is 7.09. The Labute approximate surface area is 94.3 Å². The maximum atomic E-state index is 10.4. The van der Waals surface area contributed by atoms with Crippen molar-refractivity contribution in [3.05, 3.63) is 0 Å². The lowest BCUT2D eigenvalue weighted by Gasteiger charge is -2.37. The highest BCUT2D eigenvalue weighted by Crippen LogP contribution is 2.41. The second-order valence-electron chi connectivity index (χ2n) is 6.29. The standard InChI is InChI=1S/C14H26O/c1-11(2)13-6-9-14(15,10-7-13)8-5-12-3-4-12/h11-13,15H,3-10H2,1-2H3. The van der Waals surface area contributed by atoms with Crippen LogP contribution in [0.5, 0.6) is 0 Å². The summed E-state index contributed by atoms with van der Waals surface area (Å²) in [6.07, 6.45) is 9.81. The Hall–Kier alpha value is -0.0400. The number of aliphatic hydroxyl groups is 1. The third kappa shape index (κ3) is 3.21. The third-order valence-electron chi connectivity index (χ3n) is 4.62. The van der Waals surface area contributed by atoms with Gasteiger partial charge in [-0.2, -0.15) is 0 Å². The predicted molar refractivity (Wildman–Crippen MR) is 63.7 cm³/mol. The van der Waals surface area contributed by atoms with Crippen molar-refractivity contribution in [3.8, 4) is 0 Å². The summed E-state index contributed by atoms with van der Waals surface area (Å²) >= 11 is 0. The van der Waals surface area contributed by atoms with Crippen LogP contribution < -0.4 is 0 Å². The summed E-state index contributed by atoms with van der Waals surface area (Å²) in [5, 5.41) is 10.4. The minimum atomic E-state index is -0.284. The molecule has 2 aliphatic carbocycles. The van der Waals surface area contributed by atoms with E-state index in [1.807, 2.05) is 0 Å². The van der Waals surface area contributed by atoms with Gasteiger partial charge in [-0.15, -0.1) is 0 Å². The summed E-state index contributed by atoms with van der Waals surface area (Å²) < 4.78 is 0. The Morgan fingerprint density at radius 3 is 2.20 bits per heavy atom. The van der Waals surface area contributed by atoms with Gasteiger partial charge in [0.25, 0.3) is 0 Å². The third-order valence-corrected chi connectivity index (χ3v) is 4.62. The molecule has 2 saturated carbocycles. The molecule has 0 aliphatic heterocycles. The van der Waals surface area contributed by atoms with Gasteiger partial charge in [-0.3, -0.25) is 0 Å². The van der Waals surface area contributed by atoms with Crippen LogP contribution >= 0.6 is 0 Å². The molecule has 0 heterocycles. The molecule has 0 atom stereocenters. The summed E-state index contributed by atoms with van der Waals surface area (Å²) in [6, 6.07) is 0. The molecule has 0 aromatic carbocycles. The fourth-order valence-corrected chi connectivity index (χ4v) is 2.97. The van der Waals surface area contributed by atoms with Crippen molar-refractivity contribution >= 4 is 0 Å². The highest BCUT2D eigenvalue weighted by molar-refractivity contribution is 4.88. The van der Waals surface area contributed by atoms with Gasteiger partial charge in [0, 0.05) is 0 Å². The molecule has 1 nitrogen and oxygen atoms in total. The normalized spacial score (nSPS) is 37.2. The smallest absolute Gasteiger partial charge is 0.0648 e. The van der Waals surface area contributed by atoms with E-state index in [2.05, 4.69) is 13.8 Å². The van der Waals surface area contributed by atoms with Crippen LogP contribution in [0.4, 0.5) is 0 Å². The zero-order valence-electron chi connectivity index (χ0n) is 10.3. The summed E-state index contributed by atoms with van der Waals surface area (Å²) in [5.41, 5.74) is -0.284. The lowest BCUT2D eigenvalue weighted by Crippen LogP contribution is -2.35. The first-order valence-electron chi connectivity index (χ1n) is 6.81. The van der Waals surface area contributed by atoms with Crippen LogP contribution in [0.15, 0.2) is 0 Å². The molecule has 2 fully saturated rings. The van der Waals surface area contributed by atoms with E-state index in [4.69, 9.17) is 0 Å². The average Bonchev–Trinajstić information content (AvgIpc) is 2.99. The minimum absolute atomic E-state index is 0.284. The number of hydrogen-bond acceptors (Lipinski definition) is 1. The Kier molecular flexibility index (Phi) is 3.39. The minimum Gasteiger partial charge on any atom is -0.390 e. The van der Waals surface area contributed by atoms with Crippen LogP contribution in [0, 0.1) is 17.8 Å². The van der Waals surface area contributed by atoms with Gasteiger partial charge in [0.05, 0.1) is 5.60 Å². The topological polar surface area (TPSA) is 20.2 Å². The van der Waals surface area contributed by atoms with Crippen molar-refractivity contribution in [1.29, 1.82) is 0 Å². The van der Waals surface area contributed by atoms with Gasteiger partial charge in [-0.05, 0) is 56.3 Å². The lowest BCUT2D eigenvalue weighted by atomic mass is 9.73. The lowest BCUT2D eigenvalue weighted by molar-refractivity contribution is -0.0244. The number of rotatable bonds is 4. The molecule has 1 heteroatoms. The SMILES string of the molecule is CC(C)C1CCC(O)(CCC2CC2)CC1. The highest BCUT2D eigenvalue weighted by atomic mass is 16.3. The van der Waals surface area contributed by atoms with Gasteiger partial charge in [0.15, 0.2) is 0 Å².